The van der Waals surface area contributed by atoms with Gasteiger partial charge in [-0.2, -0.15) is 0 Å². The van der Waals surface area contributed by atoms with Crippen molar-refractivity contribution >= 4 is 73.9 Å². The average Bonchev–Trinajstić information content (AvgIpc) is 2.91. The Kier molecular flexibility index (Phi) is 5.35. The second kappa shape index (κ2) is 7.29. The number of amides is 1. The van der Waals surface area contributed by atoms with Crippen molar-refractivity contribution in [3.8, 4) is 0 Å². The topological polar surface area (TPSA) is 44.9 Å². The van der Waals surface area contributed by atoms with Gasteiger partial charge in [-0.05, 0) is 51.9 Å². The van der Waals surface area contributed by atoms with Crippen molar-refractivity contribution < 1.29 is 4.79 Å². The van der Waals surface area contributed by atoms with Crippen molar-refractivity contribution in [1.82, 2.24) is 10.3 Å². The van der Waals surface area contributed by atoms with Gasteiger partial charge in [0, 0.05) is 23.2 Å². The Labute approximate surface area is 161 Å². The van der Waals surface area contributed by atoms with Gasteiger partial charge in [-0.3, -0.25) is 4.79 Å². The van der Waals surface area contributed by atoms with Crippen LogP contribution in [0, 0.1) is 7.39 Å². The number of H-pyrrole nitrogens is 1. The molecule has 3 aromatic rings. The van der Waals surface area contributed by atoms with E-state index in [0.717, 1.165) is 25.9 Å². The van der Waals surface area contributed by atoms with E-state index in [1.54, 1.807) is 11.3 Å². The minimum atomic E-state index is -0.0521. The number of aromatic nitrogens is 1. The van der Waals surface area contributed by atoms with Crippen LogP contribution in [0.2, 0.25) is 5.02 Å². The summed E-state index contributed by atoms with van der Waals surface area (Å²) in [5.41, 5.74) is 1.85. The number of benzene rings is 1. The molecule has 0 aliphatic rings. The molecule has 0 saturated heterocycles. The number of hydrogen-bond acceptors (Lipinski definition) is 3. The minimum absolute atomic E-state index is 0.0521. The van der Waals surface area contributed by atoms with Gasteiger partial charge >= 0.3 is 0 Å². The molecule has 3 nitrogen and oxygen atoms in total. The van der Waals surface area contributed by atoms with Crippen LogP contribution in [0.5, 0.6) is 0 Å². The lowest BCUT2D eigenvalue weighted by Crippen LogP contribution is -2.24. The van der Waals surface area contributed by atoms with Crippen LogP contribution in [0.25, 0.3) is 10.2 Å². The molecule has 0 radical (unpaired) electrons. The van der Waals surface area contributed by atoms with Gasteiger partial charge in [0.1, 0.15) is 4.83 Å². The summed E-state index contributed by atoms with van der Waals surface area (Å²) in [6.45, 7) is 0.477. The summed E-state index contributed by atoms with van der Waals surface area (Å²) in [5, 5.41) is 4.60. The van der Waals surface area contributed by atoms with Crippen molar-refractivity contribution in [2.45, 2.75) is 13.0 Å². The Morgan fingerprint density at radius 2 is 2.09 bits per heavy atom. The van der Waals surface area contributed by atoms with Gasteiger partial charge < -0.3 is 10.3 Å². The van der Waals surface area contributed by atoms with Crippen molar-refractivity contribution in [2.24, 2.45) is 0 Å². The number of rotatable bonds is 4. The second-order valence-electron chi connectivity index (χ2n) is 5.02. The fourth-order valence-corrected chi connectivity index (χ4v) is 4.41. The lowest BCUT2D eigenvalue weighted by molar-refractivity contribution is -0.120. The SMILES string of the molecule is O=C(Cc1c[nH]c2sc(I)cc2c1=S)NCc1ccc(Cl)cc1. The van der Waals surface area contributed by atoms with Crippen LogP contribution in [0.4, 0.5) is 0 Å². The molecule has 1 aromatic carbocycles. The quantitative estimate of drug-likeness (QED) is 0.409. The summed E-state index contributed by atoms with van der Waals surface area (Å²) >= 11 is 15.3. The smallest absolute Gasteiger partial charge is 0.224 e. The normalized spacial score (nSPS) is 10.9. The first kappa shape index (κ1) is 16.9. The molecule has 0 unspecified atom stereocenters. The molecule has 0 fully saturated rings. The number of carbonyl (C=O) groups excluding carboxylic acids is 1. The molecule has 0 bridgehead atoms. The van der Waals surface area contributed by atoms with Gasteiger partial charge in [0.2, 0.25) is 5.91 Å². The van der Waals surface area contributed by atoms with E-state index in [-0.39, 0.29) is 12.3 Å². The molecular formula is C16H12ClIN2OS2. The van der Waals surface area contributed by atoms with E-state index in [4.69, 9.17) is 23.8 Å². The summed E-state index contributed by atoms with van der Waals surface area (Å²) in [5.74, 6) is -0.0521. The zero-order valence-electron chi connectivity index (χ0n) is 11.9. The van der Waals surface area contributed by atoms with E-state index < -0.39 is 0 Å². The first-order chi connectivity index (χ1) is 11.0. The fourth-order valence-electron chi connectivity index (χ4n) is 2.20. The summed E-state index contributed by atoms with van der Waals surface area (Å²) in [6, 6.07) is 9.47. The largest absolute Gasteiger partial charge is 0.353 e. The van der Waals surface area contributed by atoms with E-state index >= 15 is 0 Å². The molecule has 0 spiro atoms. The predicted molar refractivity (Wildman–Crippen MR) is 107 cm³/mol. The number of thiophene rings is 1. The molecule has 118 valence electrons. The monoisotopic (exact) mass is 474 g/mol. The number of nitrogens with one attached hydrogen (secondary N) is 2. The summed E-state index contributed by atoms with van der Waals surface area (Å²) in [7, 11) is 0. The van der Waals surface area contributed by atoms with Gasteiger partial charge in [-0.15, -0.1) is 11.3 Å². The summed E-state index contributed by atoms with van der Waals surface area (Å²) in [6.07, 6.45) is 2.10. The second-order valence-corrected chi connectivity index (χ2v) is 8.81. The number of aromatic amines is 1. The minimum Gasteiger partial charge on any atom is -0.353 e. The maximum Gasteiger partial charge on any atom is 0.224 e. The Morgan fingerprint density at radius 3 is 2.83 bits per heavy atom. The van der Waals surface area contributed by atoms with Crippen molar-refractivity contribution in [3.05, 3.63) is 60.1 Å². The summed E-state index contributed by atoms with van der Waals surface area (Å²) in [4.78, 5) is 16.4. The van der Waals surface area contributed by atoms with Gasteiger partial charge in [-0.1, -0.05) is 36.0 Å². The maximum atomic E-state index is 12.1. The number of pyridine rings is 1. The third kappa shape index (κ3) is 4.12. The van der Waals surface area contributed by atoms with Crippen LogP contribution in [0.3, 0.4) is 0 Å². The van der Waals surface area contributed by atoms with E-state index in [2.05, 4.69) is 39.0 Å². The highest BCUT2D eigenvalue weighted by molar-refractivity contribution is 14.1. The Bertz CT molecular complexity index is 918. The third-order valence-electron chi connectivity index (χ3n) is 3.37. The van der Waals surface area contributed by atoms with Gasteiger partial charge in [0.25, 0.3) is 0 Å². The molecule has 0 atom stereocenters. The van der Waals surface area contributed by atoms with Crippen molar-refractivity contribution in [2.75, 3.05) is 0 Å². The van der Waals surface area contributed by atoms with Crippen LogP contribution in [-0.4, -0.2) is 10.9 Å². The van der Waals surface area contributed by atoms with Gasteiger partial charge in [0.15, 0.2) is 0 Å². The number of fused-ring (bicyclic) bond motifs is 1. The van der Waals surface area contributed by atoms with E-state index in [1.807, 2.05) is 30.5 Å². The van der Waals surface area contributed by atoms with Crippen LogP contribution in [0.1, 0.15) is 11.1 Å². The fraction of sp³-hybridized carbons (Fsp3) is 0.125. The molecular weight excluding hydrogens is 463 g/mol. The Hall–Kier alpha value is -0.960. The highest BCUT2D eigenvalue weighted by Crippen LogP contribution is 2.27. The molecule has 7 heteroatoms. The molecule has 2 aromatic heterocycles. The molecule has 2 N–H and O–H groups in total. The first-order valence-corrected chi connectivity index (χ1v) is 9.52. The van der Waals surface area contributed by atoms with E-state index in [0.29, 0.717) is 11.6 Å². The van der Waals surface area contributed by atoms with Crippen LogP contribution >= 0.6 is 57.7 Å². The maximum absolute atomic E-state index is 12.1. The highest BCUT2D eigenvalue weighted by Gasteiger charge is 2.09. The molecule has 23 heavy (non-hydrogen) atoms. The Morgan fingerprint density at radius 1 is 1.35 bits per heavy atom. The third-order valence-corrected chi connectivity index (χ3v) is 5.93. The van der Waals surface area contributed by atoms with Crippen molar-refractivity contribution in [1.29, 1.82) is 0 Å². The highest BCUT2D eigenvalue weighted by atomic mass is 127. The van der Waals surface area contributed by atoms with Crippen LogP contribution in [0.15, 0.2) is 36.5 Å². The molecule has 0 saturated carbocycles. The summed E-state index contributed by atoms with van der Waals surface area (Å²) < 4.78 is 1.92. The van der Waals surface area contributed by atoms with Gasteiger partial charge in [0.05, 0.1) is 13.8 Å². The molecule has 0 aliphatic heterocycles. The van der Waals surface area contributed by atoms with Crippen LogP contribution in [-0.2, 0) is 17.8 Å². The molecule has 3 rings (SSSR count). The molecule has 2 heterocycles. The zero-order chi connectivity index (χ0) is 16.4. The molecule has 1 amide bonds. The van der Waals surface area contributed by atoms with Crippen LogP contribution < -0.4 is 5.32 Å². The molecule has 0 aliphatic carbocycles. The average molecular weight is 475 g/mol. The zero-order valence-corrected chi connectivity index (χ0v) is 16.4. The lowest BCUT2D eigenvalue weighted by atomic mass is 10.1. The number of carbonyl (C=O) groups is 1. The van der Waals surface area contributed by atoms with E-state index in [9.17, 15) is 4.79 Å². The predicted octanol–water partition coefficient (Wildman–Crippen LogP) is 5.08. The number of hydrogen-bond donors (Lipinski definition) is 2. The van der Waals surface area contributed by atoms with Crippen molar-refractivity contribution in [3.63, 3.8) is 0 Å². The number of halogens is 2. The lowest BCUT2D eigenvalue weighted by Gasteiger charge is -2.06. The first-order valence-electron chi connectivity index (χ1n) is 6.83. The standard InChI is InChI=1S/C16H12ClIN2OS2/c17-11-3-1-9(2-4-11)7-19-14(21)5-10-8-20-16-12(15(10)22)6-13(18)23-16/h1-4,6,8H,5,7H2,(H,19,21)(H,20,22). The van der Waals surface area contributed by atoms with Gasteiger partial charge in [-0.25, -0.2) is 0 Å². The van der Waals surface area contributed by atoms with E-state index in [1.165, 1.54) is 2.88 Å². The Balaban J connectivity index is 1.69.